The molecule has 2 aromatic carbocycles. The Labute approximate surface area is 143 Å². The van der Waals surface area contributed by atoms with E-state index in [1.807, 2.05) is 31.3 Å². The molecule has 0 amide bonds. The number of H-pyrrole nitrogens is 1. The van der Waals surface area contributed by atoms with Gasteiger partial charge >= 0.3 is 0 Å². The lowest BCUT2D eigenvalue weighted by Gasteiger charge is -2.12. The first-order valence-electron chi connectivity index (χ1n) is 7.81. The van der Waals surface area contributed by atoms with Crippen molar-refractivity contribution in [2.45, 2.75) is 13.5 Å². The SMILES string of the molecule is COc1cc(C)c2[nH]ccc2c1Cn1cc2c(F)cc(C#N)cc2n1. The van der Waals surface area contributed by atoms with Gasteiger partial charge in [-0.2, -0.15) is 10.4 Å². The molecular weight excluding hydrogens is 319 g/mol. The minimum absolute atomic E-state index is 0.260. The van der Waals surface area contributed by atoms with E-state index in [0.29, 0.717) is 17.4 Å². The molecule has 0 unspecified atom stereocenters. The fourth-order valence-electron chi connectivity index (χ4n) is 3.22. The molecule has 0 saturated carbocycles. The summed E-state index contributed by atoms with van der Waals surface area (Å²) in [6.45, 7) is 2.46. The maximum atomic E-state index is 14.2. The van der Waals surface area contributed by atoms with E-state index in [-0.39, 0.29) is 5.56 Å². The second-order valence-electron chi connectivity index (χ2n) is 5.97. The lowest BCUT2D eigenvalue weighted by atomic mass is 10.0. The van der Waals surface area contributed by atoms with Crippen LogP contribution in [0, 0.1) is 24.1 Å². The minimum Gasteiger partial charge on any atom is -0.496 e. The maximum Gasteiger partial charge on any atom is 0.135 e. The first-order chi connectivity index (χ1) is 12.1. The monoisotopic (exact) mass is 334 g/mol. The normalized spacial score (nSPS) is 11.1. The molecule has 4 aromatic rings. The summed E-state index contributed by atoms with van der Waals surface area (Å²) < 4.78 is 21.4. The highest BCUT2D eigenvalue weighted by atomic mass is 19.1. The molecule has 0 fully saturated rings. The second kappa shape index (κ2) is 5.64. The van der Waals surface area contributed by atoms with Gasteiger partial charge in [-0.25, -0.2) is 4.39 Å². The fraction of sp³-hybridized carbons (Fsp3) is 0.158. The second-order valence-corrected chi connectivity index (χ2v) is 5.97. The van der Waals surface area contributed by atoms with Crippen molar-refractivity contribution in [2.75, 3.05) is 7.11 Å². The zero-order valence-electron chi connectivity index (χ0n) is 13.8. The Morgan fingerprint density at radius 1 is 1.32 bits per heavy atom. The third kappa shape index (κ3) is 2.41. The molecular formula is C19H15FN4O. The Hall–Kier alpha value is -3.33. The molecule has 6 heteroatoms. The highest BCUT2D eigenvalue weighted by Gasteiger charge is 2.14. The summed E-state index contributed by atoms with van der Waals surface area (Å²) in [5, 5.41) is 14.9. The number of fused-ring (bicyclic) bond motifs is 2. The first-order valence-corrected chi connectivity index (χ1v) is 7.81. The van der Waals surface area contributed by atoms with E-state index in [1.165, 1.54) is 6.07 Å². The summed E-state index contributed by atoms with van der Waals surface area (Å²) in [5.41, 5.74) is 3.84. The molecule has 124 valence electrons. The van der Waals surface area contributed by atoms with E-state index in [1.54, 1.807) is 24.1 Å². The molecule has 1 N–H and O–H groups in total. The molecule has 25 heavy (non-hydrogen) atoms. The topological polar surface area (TPSA) is 66.6 Å². The number of methoxy groups -OCH3 is 1. The summed E-state index contributed by atoms with van der Waals surface area (Å²) in [6.07, 6.45) is 3.54. The van der Waals surface area contributed by atoms with E-state index >= 15 is 0 Å². The molecule has 5 nitrogen and oxygen atoms in total. The molecule has 0 aliphatic carbocycles. The number of nitrogens with zero attached hydrogens (tertiary/aromatic N) is 3. The van der Waals surface area contributed by atoms with Crippen molar-refractivity contribution in [3.63, 3.8) is 0 Å². The molecule has 0 aliphatic heterocycles. The number of aromatic nitrogens is 3. The van der Waals surface area contributed by atoms with Crippen LogP contribution in [0.1, 0.15) is 16.7 Å². The van der Waals surface area contributed by atoms with Crippen molar-refractivity contribution in [1.29, 1.82) is 5.26 Å². The Bertz CT molecular complexity index is 1150. The van der Waals surface area contributed by atoms with Gasteiger partial charge in [-0.1, -0.05) is 0 Å². The van der Waals surface area contributed by atoms with Crippen molar-refractivity contribution in [1.82, 2.24) is 14.8 Å². The predicted molar refractivity (Wildman–Crippen MR) is 93.1 cm³/mol. The zero-order chi connectivity index (χ0) is 17.6. The highest BCUT2D eigenvalue weighted by Crippen LogP contribution is 2.31. The van der Waals surface area contributed by atoms with Crippen molar-refractivity contribution < 1.29 is 9.13 Å². The van der Waals surface area contributed by atoms with Crippen molar-refractivity contribution in [2.24, 2.45) is 0 Å². The van der Waals surface area contributed by atoms with Crippen LogP contribution in [0.4, 0.5) is 4.39 Å². The van der Waals surface area contributed by atoms with Crippen molar-refractivity contribution in [3.05, 3.63) is 59.2 Å². The Morgan fingerprint density at radius 2 is 2.16 bits per heavy atom. The maximum absolute atomic E-state index is 14.2. The summed E-state index contributed by atoms with van der Waals surface area (Å²) in [5.74, 6) is 0.324. The Morgan fingerprint density at radius 3 is 2.92 bits per heavy atom. The van der Waals surface area contributed by atoms with Gasteiger partial charge in [0.15, 0.2) is 0 Å². The number of rotatable bonds is 3. The van der Waals surface area contributed by atoms with Gasteiger partial charge in [0.2, 0.25) is 0 Å². The molecule has 0 aliphatic rings. The van der Waals surface area contributed by atoms with Crippen LogP contribution in [0.3, 0.4) is 0 Å². The molecule has 2 aromatic heterocycles. The highest BCUT2D eigenvalue weighted by molar-refractivity contribution is 5.88. The van der Waals surface area contributed by atoms with E-state index in [0.717, 1.165) is 27.8 Å². The van der Waals surface area contributed by atoms with E-state index in [4.69, 9.17) is 10.00 Å². The van der Waals surface area contributed by atoms with Crippen LogP contribution in [0.25, 0.3) is 21.8 Å². The lowest BCUT2D eigenvalue weighted by Crippen LogP contribution is -2.03. The van der Waals surface area contributed by atoms with Crippen LogP contribution in [-0.2, 0) is 6.54 Å². The van der Waals surface area contributed by atoms with Gasteiger partial charge in [-0.3, -0.25) is 4.68 Å². The number of ether oxygens (including phenoxy) is 1. The molecule has 0 atom stereocenters. The number of hydrogen-bond donors (Lipinski definition) is 1. The van der Waals surface area contributed by atoms with E-state index in [9.17, 15) is 4.39 Å². The largest absolute Gasteiger partial charge is 0.496 e. The number of hydrogen-bond acceptors (Lipinski definition) is 3. The number of aromatic amines is 1. The quantitative estimate of drug-likeness (QED) is 0.618. The number of aryl methyl sites for hydroxylation is 1. The Balaban J connectivity index is 1.86. The van der Waals surface area contributed by atoms with Gasteiger partial charge in [-0.15, -0.1) is 0 Å². The van der Waals surface area contributed by atoms with Crippen LogP contribution >= 0.6 is 0 Å². The molecule has 0 bridgehead atoms. The van der Waals surface area contributed by atoms with Crippen LogP contribution in [-0.4, -0.2) is 21.9 Å². The Kier molecular flexibility index (Phi) is 3.43. The average Bonchev–Trinajstić information content (AvgIpc) is 3.24. The standard InChI is InChI=1S/C19H15FN4O/c1-11-5-18(25-2)14(13-3-4-22-19(11)13)9-24-10-15-16(20)6-12(8-21)7-17(15)23-24/h3-7,10,22H,9H2,1-2H3. The first kappa shape index (κ1) is 15.2. The summed E-state index contributed by atoms with van der Waals surface area (Å²) >= 11 is 0. The van der Waals surface area contributed by atoms with Crippen molar-refractivity contribution in [3.8, 4) is 11.8 Å². The summed E-state index contributed by atoms with van der Waals surface area (Å²) in [4.78, 5) is 3.23. The van der Waals surface area contributed by atoms with E-state index in [2.05, 4.69) is 10.1 Å². The van der Waals surface area contributed by atoms with Crippen LogP contribution in [0.2, 0.25) is 0 Å². The third-order valence-corrected chi connectivity index (χ3v) is 4.40. The van der Waals surface area contributed by atoms with Crippen molar-refractivity contribution >= 4 is 21.8 Å². The molecule has 0 saturated heterocycles. The fourth-order valence-corrected chi connectivity index (χ4v) is 3.22. The van der Waals surface area contributed by atoms with Crippen LogP contribution < -0.4 is 4.74 Å². The number of nitrogens with one attached hydrogen (secondary N) is 1. The molecule has 0 radical (unpaired) electrons. The smallest absolute Gasteiger partial charge is 0.135 e. The van der Waals surface area contributed by atoms with Gasteiger partial charge in [0.25, 0.3) is 0 Å². The molecule has 4 rings (SSSR count). The van der Waals surface area contributed by atoms with Gasteiger partial charge in [0.05, 0.1) is 36.2 Å². The summed E-state index contributed by atoms with van der Waals surface area (Å²) in [7, 11) is 1.63. The van der Waals surface area contributed by atoms with Gasteiger partial charge in [-0.05, 0) is 36.8 Å². The summed E-state index contributed by atoms with van der Waals surface area (Å²) in [6, 6.07) is 8.74. The molecule has 2 heterocycles. The van der Waals surface area contributed by atoms with E-state index < -0.39 is 5.82 Å². The number of nitriles is 1. The van der Waals surface area contributed by atoms with Gasteiger partial charge in [0.1, 0.15) is 11.6 Å². The number of benzene rings is 2. The van der Waals surface area contributed by atoms with Crippen LogP contribution in [0.15, 0.2) is 36.7 Å². The predicted octanol–water partition coefficient (Wildman–Crippen LogP) is 3.89. The lowest BCUT2D eigenvalue weighted by molar-refractivity contribution is 0.408. The van der Waals surface area contributed by atoms with Gasteiger partial charge < -0.3 is 9.72 Å². The average molecular weight is 334 g/mol. The zero-order valence-corrected chi connectivity index (χ0v) is 13.8. The number of halogens is 1. The third-order valence-electron chi connectivity index (χ3n) is 4.40. The van der Waals surface area contributed by atoms with Crippen LogP contribution in [0.5, 0.6) is 5.75 Å². The van der Waals surface area contributed by atoms with Gasteiger partial charge in [0, 0.05) is 28.9 Å². The minimum atomic E-state index is -0.442. The molecule has 0 spiro atoms.